The van der Waals surface area contributed by atoms with E-state index in [2.05, 4.69) is 39.4 Å². The summed E-state index contributed by atoms with van der Waals surface area (Å²) in [6.45, 7) is 1.85. The van der Waals surface area contributed by atoms with Crippen molar-refractivity contribution in [1.29, 1.82) is 0 Å². The molecule has 3 aromatic carbocycles. The van der Waals surface area contributed by atoms with Gasteiger partial charge in [-0.1, -0.05) is 54.1 Å². The lowest BCUT2D eigenvalue weighted by atomic mass is 10.1. The number of hydrogen-bond acceptors (Lipinski definition) is 5. The third kappa shape index (κ3) is 4.07. The highest BCUT2D eigenvalue weighted by Gasteiger charge is 2.29. The van der Waals surface area contributed by atoms with E-state index in [1.165, 1.54) is 15.8 Å². The zero-order valence-corrected chi connectivity index (χ0v) is 18.8. The number of piperazine rings is 1. The Balaban J connectivity index is 1.29. The molecule has 0 bridgehead atoms. The fourth-order valence-electron chi connectivity index (χ4n) is 3.93. The number of hydrogen-bond donors (Lipinski definition) is 0. The molecule has 0 aliphatic carbocycles. The Labute approximate surface area is 192 Å². The van der Waals surface area contributed by atoms with Crippen LogP contribution < -0.4 is 4.90 Å². The highest BCUT2D eigenvalue weighted by atomic mass is 35.5. The predicted octanol–water partition coefficient (Wildman–Crippen LogP) is 4.46. The fraction of sp³-hybridized carbons (Fsp3) is 0.167. The van der Waals surface area contributed by atoms with Crippen LogP contribution in [0.15, 0.2) is 83.8 Å². The Morgan fingerprint density at radius 3 is 2.25 bits per heavy atom. The van der Waals surface area contributed by atoms with Crippen LogP contribution in [-0.2, 0) is 10.0 Å². The van der Waals surface area contributed by atoms with Gasteiger partial charge in [-0.15, -0.1) is 10.2 Å². The molecule has 2 heterocycles. The van der Waals surface area contributed by atoms with Gasteiger partial charge in [-0.3, -0.25) is 0 Å². The maximum absolute atomic E-state index is 12.9. The SMILES string of the molecule is O=S(=O)(c1cccc(Cl)c1)N1CCN(c2ccc(-c3ccc4ccccc4c3)nn2)CC1. The average molecular weight is 465 g/mol. The van der Waals surface area contributed by atoms with Crippen LogP contribution in [-0.4, -0.2) is 49.1 Å². The molecular formula is C24H21ClN4O2S. The van der Waals surface area contributed by atoms with Gasteiger partial charge in [-0.25, -0.2) is 8.42 Å². The summed E-state index contributed by atoms with van der Waals surface area (Å²) in [6, 6.07) is 24.7. The largest absolute Gasteiger partial charge is 0.352 e. The van der Waals surface area contributed by atoms with E-state index in [-0.39, 0.29) is 4.90 Å². The quantitative estimate of drug-likeness (QED) is 0.446. The van der Waals surface area contributed by atoms with E-state index < -0.39 is 10.0 Å². The Hall–Kier alpha value is -3.00. The minimum atomic E-state index is -3.56. The van der Waals surface area contributed by atoms with Crippen molar-refractivity contribution in [2.45, 2.75) is 4.90 Å². The van der Waals surface area contributed by atoms with E-state index in [1.54, 1.807) is 18.2 Å². The molecule has 0 saturated carbocycles. The maximum atomic E-state index is 12.9. The molecule has 1 aliphatic heterocycles. The topological polar surface area (TPSA) is 66.4 Å². The fourth-order valence-corrected chi connectivity index (χ4v) is 5.65. The molecule has 0 unspecified atom stereocenters. The van der Waals surface area contributed by atoms with Crippen LogP contribution in [0.2, 0.25) is 5.02 Å². The highest BCUT2D eigenvalue weighted by molar-refractivity contribution is 7.89. The number of benzene rings is 3. The van der Waals surface area contributed by atoms with E-state index in [1.807, 2.05) is 30.3 Å². The third-order valence-electron chi connectivity index (χ3n) is 5.69. The van der Waals surface area contributed by atoms with Crippen LogP contribution in [0.3, 0.4) is 0 Å². The summed E-state index contributed by atoms with van der Waals surface area (Å²) in [5.41, 5.74) is 1.82. The first-order valence-corrected chi connectivity index (χ1v) is 12.2. The van der Waals surface area contributed by atoms with Gasteiger partial charge in [0.2, 0.25) is 10.0 Å². The Morgan fingerprint density at radius 1 is 0.750 bits per heavy atom. The lowest BCUT2D eigenvalue weighted by Gasteiger charge is -2.34. The van der Waals surface area contributed by atoms with E-state index in [0.29, 0.717) is 31.2 Å². The van der Waals surface area contributed by atoms with Crippen LogP contribution in [0.4, 0.5) is 5.82 Å². The van der Waals surface area contributed by atoms with E-state index >= 15 is 0 Å². The molecule has 0 amide bonds. The number of nitrogens with zero attached hydrogens (tertiary/aromatic N) is 4. The Kier molecular flexibility index (Phi) is 5.55. The molecule has 1 saturated heterocycles. The van der Waals surface area contributed by atoms with Crippen molar-refractivity contribution in [1.82, 2.24) is 14.5 Å². The molecule has 32 heavy (non-hydrogen) atoms. The van der Waals surface area contributed by atoms with Crippen molar-refractivity contribution in [2.24, 2.45) is 0 Å². The van der Waals surface area contributed by atoms with Crippen LogP contribution >= 0.6 is 11.6 Å². The van der Waals surface area contributed by atoms with Gasteiger partial charge in [-0.05, 0) is 47.2 Å². The predicted molar refractivity (Wildman–Crippen MR) is 127 cm³/mol. The van der Waals surface area contributed by atoms with Crippen molar-refractivity contribution in [3.63, 3.8) is 0 Å². The van der Waals surface area contributed by atoms with Crippen molar-refractivity contribution in [3.8, 4) is 11.3 Å². The molecule has 0 radical (unpaired) electrons. The van der Waals surface area contributed by atoms with Crippen LogP contribution in [0.1, 0.15) is 0 Å². The molecule has 4 aromatic rings. The minimum Gasteiger partial charge on any atom is -0.352 e. The molecule has 0 spiro atoms. The molecule has 8 heteroatoms. The summed E-state index contributed by atoms with van der Waals surface area (Å²) in [6.07, 6.45) is 0. The molecule has 0 atom stereocenters. The van der Waals surface area contributed by atoms with Gasteiger partial charge in [-0.2, -0.15) is 4.31 Å². The number of aromatic nitrogens is 2. The first-order chi connectivity index (χ1) is 15.5. The smallest absolute Gasteiger partial charge is 0.243 e. The molecule has 1 aliphatic rings. The second-order valence-corrected chi connectivity index (χ2v) is 10.1. The average Bonchev–Trinajstić information content (AvgIpc) is 2.84. The van der Waals surface area contributed by atoms with E-state index in [4.69, 9.17) is 11.6 Å². The maximum Gasteiger partial charge on any atom is 0.243 e. The summed E-state index contributed by atoms with van der Waals surface area (Å²) in [7, 11) is -3.56. The minimum absolute atomic E-state index is 0.220. The zero-order valence-electron chi connectivity index (χ0n) is 17.2. The number of fused-ring (bicyclic) bond motifs is 1. The molecule has 0 N–H and O–H groups in total. The van der Waals surface area contributed by atoms with Crippen LogP contribution in [0.5, 0.6) is 0 Å². The number of anilines is 1. The van der Waals surface area contributed by atoms with Crippen molar-refractivity contribution in [2.75, 3.05) is 31.1 Å². The van der Waals surface area contributed by atoms with Crippen LogP contribution in [0.25, 0.3) is 22.0 Å². The number of sulfonamides is 1. The van der Waals surface area contributed by atoms with Gasteiger partial charge in [0, 0.05) is 36.8 Å². The standard InChI is InChI=1S/C24H21ClN4O2S/c25-21-6-3-7-22(17-21)32(30,31)29-14-12-28(13-15-29)24-11-10-23(26-27-24)20-9-8-18-4-1-2-5-19(18)16-20/h1-11,16-17H,12-15H2. The van der Waals surface area contributed by atoms with Crippen molar-refractivity contribution in [3.05, 3.63) is 83.9 Å². The number of rotatable bonds is 4. The first-order valence-electron chi connectivity index (χ1n) is 10.3. The van der Waals surface area contributed by atoms with E-state index in [0.717, 1.165) is 22.5 Å². The third-order valence-corrected chi connectivity index (χ3v) is 7.82. The summed E-state index contributed by atoms with van der Waals surface area (Å²) < 4.78 is 27.3. The normalized spacial score (nSPS) is 15.2. The van der Waals surface area contributed by atoms with Crippen LogP contribution in [0, 0.1) is 0 Å². The Bertz CT molecular complexity index is 1370. The summed E-state index contributed by atoms with van der Waals surface area (Å²) in [4.78, 5) is 2.28. The monoisotopic (exact) mass is 464 g/mol. The summed E-state index contributed by atoms with van der Waals surface area (Å²) >= 11 is 5.97. The van der Waals surface area contributed by atoms with Gasteiger partial charge in [0.25, 0.3) is 0 Å². The van der Waals surface area contributed by atoms with Crippen molar-refractivity contribution < 1.29 is 8.42 Å². The second-order valence-electron chi connectivity index (χ2n) is 7.69. The molecular weight excluding hydrogens is 444 g/mol. The molecule has 6 nitrogen and oxygen atoms in total. The van der Waals surface area contributed by atoms with Gasteiger partial charge in [0.05, 0.1) is 10.6 Å². The van der Waals surface area contributed by atoms with Gasteiger partial charge >= 0.3 is 0 Å². The van der Waals surface area contributed by atoms with E-state index in [9.17, 15) is 8.42 Å². The molecule has 1 fully saturated rings. The molecule has 1 aromatic heterocycles. The zero-order chi connectivity index (χ0) is 22.1. The second kappa shape index (κ2) is 8.50. The first kappa shape index (κ1) is 20.9. The Morgan fingerprint density at radius 2 is 1.53 bits per heavy atom. The molecule has 162 valence electrons. The summed E-state index contributed by atoms with van der Waals surface area (Å²) in [5, 5.41) is 11.6. The van der Waals surface area contributed by atoms with Gasteiger partial charge in [0.1, 0.15) is 0 Å². The van der Waals surface area contributed by atoms with Gasteiger partial charge < -0.3 is 4.90 Å². The highest BCUT2D eigenvalue weighted by Crippen LogP contribution is 2.25. The summed E-state index contributed by atoms with van der Waals surface area (Å²) in [5.74, 6) is 0.745. The van der Waals surface area contributed by atoms with Gasteiger partial charge in [0.15, 0.2) is 5.82 Å². The lowest BCUT2D eigenvalue weighted by Crippen LogP contribution is -2.49. The number of halogens is 1. The lowest BCUT2D eigenvalue weighted by molar-refractivity contribution is 0.383. The van der Waals surface area contributed by atoms with Crippen molar-refractivity contribution >= 4 is 38.2 Å². The molecule has 5 rings (SSSR count).